The van der Waals surface area contributed by atoms with Crippen molar-refractivity contribution >= 4 is 32.5 Å². The topological polar surface area (TPSA) is 54.4 Å². The minimum atomic E-state index is -0.331. The molecule has 1 aliphatic rings. The zero-order valence-corrected chi connectivity index (χ0v) is 12.7. The van der Waals surface area contributed by atoms with Gasteiger partial charge >= 0.3 is 0 Å². The van der Waals surface area contributed by atoms with Crippen LogP contribution in [-0.4, -0.2) is 35.5 Å². The SMILES string of the molecule is OCC1(Nc2nccc3c(Br)cccc23)CCOCC1. The number of halogens is 1. The van der Waals surface area contributed by atoms with Crippen molar-refractivity contribution in [1.82, 2.24) is 4.98 Å². The fraction of sp³-hybridized carbons (Fsp3) is 0.400. The van der Waals surface area contributed by atoms with E-state index in [0.29, 0.717) is 13.2 Å². The van der Waals surface area contributed by atoms with Gasteiger partial charge in [-0.1, -0.05) is 28.1 Å². The number of hydrogen-bond acceptors (Lipinski definition) is 4. The van der Waals surface area contributed by atoms with Crippen LogP contribution < -0.4 is 5.32 Å². The highest BCUT2D eigenvalue weighted by molar-refractivity contribution is 9.10. The molecule has 0 atom stereocenters. The molecule has 106 valence electrons. The van der Waals surface area contributed by atoms with Gasteiger partial charge in [0.25, 0.3) is 0 Å². The molecular weight excluding hydrogens is 320 g/mol. The molecule has 0 bridgehead atoms. The lowest BCUT2D eigenvalue weighted by atomic mass is 9.91. The summed E-state index contributed by atoms with van der Waals surface area (Å²) in [6.45, 7) is 1.42. The molecule has 3 rings (SSSR count). The second-order valence-corrected chi connectivity index (χ2v) is 6.02. The highest BCUT2D eigenvalue weighted by atomic mass is 79.9. The Labute approximate surface area is 126 Å². The van der Waals surface area contributed by atoms with Gasteiger partial charge in [0.15, 0.2) is 0 Å². The molecule has 1 fully saturated rings. The number of benzene rings is 1. The fourth-order valence-electron chi connectivity index (χ4n) is 2.60. The molecule has 2 N–H and O–H groups in total. The molecule has 0 spiro atoms. The van der Waals surface area contributed by atoms with Gasteiger partial charge in [0.05, 0.1) is 12.1 Å². The summed E-state index contributed by atoms with van der Waals surface area (Å²) >= 11 is 3.56. The number of hydrogen-bond donors (Lipinski definition) is 2. The largest absolute Gasteiger partial charge is 0.394 e. The van der Waals surface area contributed by atoms with Crippen LogP contribution in [0.3, 0.4) is 0 Å². The van der Waals surface area contributed by atoms with E-state index in [9.17, 15) is 5.11 Å². The smallest absolute Gasteiger partial charge is 0.134 e. The van der Waals surface area contributed by atoms with Crippen LogP contribution in [0, 0.1) is 0 Å². The Hall–Kier alpha value is -1.17. The normalized spacial score (nSPS) is 18.1. The summed E-state index contributed by atoms with van der Waals surface area (Å²) in [6.07, 6.45) is 3.37. The lowest BCUT2D eigenvalue weighted by Crippen LogP contribution is -2.47. The third kappa shape index (κ3) is 2.53. The average molecular weight is 337 g/mol. The first-order valence-corrected chi connectivity index (χ1v) is 7.53. The lowest BCUT2D eigenvalue weighted by Gasteiger charge is -2.37. The maximum atomic E-state index is 9.77. The standard InChI is InChI=1S/C15H17BrN2O2/c16-13-3-1-2-12-11(13)4-7-17-14(12)18-15(10-19)5-8-20-9-6-15/h1-4,7,19H,5-6,8-10H2,(H,17,18). The van der Waals surface area contributed by atoms with E-state index in [1.807, 2.05) is 24.3 Å². The number of aliphatic hydroxyl groups excluding tert-OH is 1. The molecule has 0 unspecified atom stereocenters. The predicted octanol–water partition coefficient (Wildman–Crippen LogP) is 2.95. The van der Waals surface area contributed by atoms with E-state index >= 15 is 0 Å². The van der Waals surface area contributed by atoms with E-state index in [2.05, 4.69) is 26.2 Å². The number of pyridine rings is 1. The Morgan fingerprint density at radius 2 is 2.05 bits per heavy atom. The van der Waals surface area contributed by atoms with Gasteiger partial charge in [0, 0.05) is 34.7 Å². The number of aliphatic hydroxyl groups is 1. The first kappa shape index (κ1) is 13.8. The first-order chi connectivity index (χ1) is 9.74. The van der Waals surface area contributed by atoms with E-state index in [4.69, 9.17) is 4.74 Å². The molecule has 0 amide bonds. The van der Waals surface area contributed by atoms with Gasteiger partial charge in [-0.25, -0.2) is 4.98 Å². The Balaban J connectivity index is 2.00. The number of ether oxygens (including phenoxy) is 1. The summed E-state index contributed by atoms with van der Waals surface area (Å²) in [5.74, 6) is 0.819. The monoisotopic (exact) mass is 336 g/mol. The Kier molecular flexibility index (Phi) is 3.92. The van der Waals surface area contributed by atoms with Crippen molar-refractivity contribution in [3.8, 4) is 0 Å². The van der Waals surface area contributed by atoms with E-state index in [1.165, 1.54) is 0 Å². The Morgan fingerprint density at radius 1 is 1.25 bits per heavy atom. The molecule has 2 heterocycles. The molecular formula is C15H17BrN2O2. The number of nitrogens with zero attached hydrogens (tertiary/aromatic N) is 1. The molecule has 0 aliphatic carbocycles. The number of anilines is 1. The van der Waals surface area contributed by atoms with E-state index in [1.54, 1.807) is 6.20 Å². The van der Waals surface area contributed by atoms with Crippen LogP contribution in [0.15, 0.2) is 34.9 Å². The predicted molar refractivity (Wildman–Crippen MR) is 82.9 cm³/mol. The van der Waals surface area contributed by atoms with Gasteiger partial charge in [-0.2, -0.15) is 0 Å². The summed E-state index contributed by atoms with van der Waals surface area (Å²) in [6, 6.07) is 8.04. The van der Waals surface area contributed by atoms with Crippen LogP contribution in [0.1, 0.15) is 12.8 Å². The molecule has 1 aromatic carbocycles. The molecule has 1 saturated heterocycles. The number of nitrogens with one attached hydrogen (secondary N) is 1. The summed E-state index contributed by atoms with van der Waals surface area (Å²) in [5.41, 5.74) is -0.331. The van der Waals surface area contributed by atoms with Gasteiger partial charge in [-0.05, 0) is 25.0 Å². The van der Waals surface area contributed by atoms with Gasteiger partial charge in [0.1, 0.15) is 5.82 Å². The molecule has 1 aromatic heterocycles. The highest BCUT2D eigenvalue weighted by Gasteiger charge is 2.32. The van der Waals surface area contributed by atoms with Gasteiger partial charge < -0.3 is 15.2 Å². The van der Waals surface area contributed by atoms with Crippen molar-refractivity contribution < 1.29 is 9.84 Å². The van der Waals surface area contributed by atoms with Crippen LogP contribution >= 0.6 is 15.9 Å². The summed E-state index contributed by atoms with van der Waals surface area (Å²) in [4.78, 5) is 4.45. The second kappa shape index (κ2) is 5.68. The maximum absolute atomic E-state index is 9.77. The molecule has 5 heteroatoms. The van der Waals surface area contributed by atoms with Crippen LogP contribution in [0.25, 0.3) is 10.8 Å². The Morgan fingerprint density at radius 3 is 2.80 bits per heavy atom. The molecule has 0 saturated carbocycles. The first-order valence-electron chi connectivity index (χ1n) is 6.74. The minimum absolute atomic E-state index is 0.0857. The molecule has 20 heavy (non-hydrogen) atoms. The minimum Gasteiger partial charge on any atom is -0.394 e. The zero-order valence-electron chi connectivity index (χ0n) is 11.1. The van der Waals surface area contributed by atoms with Gasteiger partial charge in [-0.3, -0.25) is 0 Å². The van der Waals surface area contributed by atoms with Gasteiger partial charge in [-0.15, -0.1) is 0 Å². The van der Waals surface area contributed by atoms with Crippen molar-refractivity contribution in [2.75, 3.05) is 25.1 Å². The number of rotatable bonds is 3. The zero-order chi connectivity index (χ0) is 14.0. The van der Waals surface area contributed by atoms with E-state index in [-0.39, 0.29) is 12.1 Å². The van der Waals surface area contributed by atoms with Crippen LogP contribution in [0.4, 0.5) is 5.82 Å². The molecule has 1 aliphatic heterocycles. The van der Waals surface area contributed by atoms with Gasteiger partial charge in [0.2, 0.25) is 0 Å². The van der Waals surface area contributed by atoms with E-state index < -0.39 is 0 Å². The lowest BCUT2D eigenvalue weighted by molar-refractivity contribution is 0.0379. The van der Waals surface area contributed by atoms with Crippen molar-refractivity contribution in [3.05, 3.63) is 34.9 Å². The maximum Gasteiger partial charge on any atom is 0.134 e. The van der Waals surface area contributed by atoms with Crippen molar-refractivity contribution in [3.63, 3.8) is 0 Å². The molecule has 4 nitrogen and oxygen atoms in total. The third-order valence-corrected chi connectivity index (χ3v) is 4.58. The van der Waals surface area contributed by atoms with Crippen LogP contribution in [0.5, 0.6) is 0 Å². The highest BCUT2D eigenvalue weighted by Crippen LogP contribution is 2.31. The van der Waals surface area contributed by atoms with Crippen molar-refractivity contribution in [2.45, 2.75) is 18.4 Å². The third-order valence-electron chi connectivity index (χ3n) is 3.89. The summed E-state index contributed by atoms with van der Waals surface area (Å²) < 4.78 is 6.44. The summed E-state index contributed by atoms with van der Waals surface area (Å²) in [5, 5.41) is 15.4. The second-order valence-electron chi connectivity index (χ2n) is 5.17. The Bertz CT molecular complexity index is 612. The molecule has 0 radical (unpaired) electrons. The fourth-order valence-corrected chi connectivity index (χ4v) is 3.10. The average Bonchev–Trinajstić information content (AvgIpc) is 2.49. The van der Waals surface area contributed by atoms with Crippen molar-refractivity contribution in [2.24, 2.45) is 0 Å². The molecule has 2 aromatic rings. The summed E-state index contributed by atoms with van der Waals surface area (Å²) in [7, 11) is 0. The quantitative estimate of drug-likeness (QED) is 0.904. The van der Waals surface area contributed by atoms with Crippen molar-refractivity contribution in [1.29, 1.82) is 0 Å². The number of aromatic nitrogens is 1. The van der Waals surface area contributed by atoms with Crippen LogP contribution in [-0.2, 0) is 4.74 Å². The van der Waals surface area contributed by atoms with E-state index in [0.717, 1.165) is 33.9 Å². The number of fused-ring (bicyclic) bond motifs is 1. The van der Waals surface area contributed by atoms with Crippen LogP contribution in [0.2, 0.25) is 0 Å².